The number of hydrogen-bond acceptors (Lipinski definition) is 5. The molecule has 76 valence electrons. The number of rotatable bonds is 2. The summed E-state index contributed by atoms with van der Waals surface area (Å²) in [6, 6.07) is 3.67. The number of nitrogens with zero attached hydrogens (tertiary/aromatic N) is 2. The number of H-pyrrole nitrogens is 1. The van der Waals surface area contributed by atoms with Crippen molar-refractivity contribution in [2.24, 2.45) is 0 Å². The summed E-state index contributed by atoms with van der Waals surface area (Å²) >= 11 is 0.936. The maximum atomic E-state index is 11.0. The van der Waals surface area contributed by atoms with Crippen molar-refractivity contribution in [2.75, 3.05) is 0 Å². The molecule has 0 amide bonds. The highest BCUT2D eigenvalue weighted by Crippen LogP contribution is 2.05. The van der Waals surface area contributed by atoms with E-state index >= 15 is 0 Å². The number of hydrogen-bond donors (Lipinski definition) is 1. The molecule has 15 heavy (non-hydrogen) atoms. The maximum absolute atomic E-state index is 11.0. The van der Waals surface area contributed by atoms with Crippen molar-refractivity contribution < 1.29 is 0 Å². The topological polar surface area (TPSA) is 75.7 Å². The molecule has 0 fully saturated rings. The predicted octanol–water partition coefficient (Wildman–Crippen LogP) is 0.177. The van der Waals surface area contributed by atoms with Crippen LogP contribution in [0, 0.1) is 0 Å². The van der Waals surface area contributed by atoms with Crippen LogP contribution in [-0.4, -0.2) is 15.0 Å². The molecule has 0 saturated carbocycles. The first-order chi connectivity index (χ1) is 7.24. The minimum atomic E-state index is -0.599. The van der Waals surface area contributed by atoms with Gasteiger partial charge in [-0.05, 0) is 11.6 Å². The standard InChI is InChI=1S/C9H7N3O2S/c13-8-11-7(15-9(14)12-8)4-6-2-1-3-10-5-6/h1-3,5H,4H2,(H,12,13,14). The van der Waals surface area contributed by atoms with Crippen LogP contribution < -0.4 is 10.6 Å². The van der Waals surface area contributed by atoms with Crippen LogP contribution in [0.1, 0.15) is 10.6 Å². The molecule has 6 heteroatoms. The number of pyridine rings is 1. The third-order valence-corrected chi connectivity index (χ3v) is 2.48. The predicted molar refractivity (Wildman–Crippen MR) is 56.0 cm³/mol. The van der Waals surface area contributed by atoms with Crippen LogP contribution in [0.3, 0.4) is 0 Å². The monoisotopic (exact) mass is 221 g/mol. The van der Waals surface area contributed by atoms with E-state index < -0.39 is 5.69 Å². The second-order valence-electron chi connectivity index (χ2n) is 2.86. The Kier molecular flexibility index (Phi) is 2.68. The smallest absolute Gasteiger partial charge is 0.264 e. The van der Waals surface area contributed by atoms with Gasteiger partial charge in [-0.3, -0.25) is 14.8 Å². The van der Waals surface area contributed by atoms with E-state index in [1.807, 2.05) is 6.07 Å². The molecule has 0 saturated heterocycles. The molecule has 0 aromatic carbocycles. The lowest BCUT2D eigenvalue weighted by Crippen LogP contribution is -2.20. The highest BCUT2D eigenvalue weighted by molar-refractivity contribution is 7.08. The lowest BCUT2D eigenvalue weighted by molar-refractivity contribution is 1.01. The van der Waals surface area contributed by atoms with Crippen molar-refractivity contribution in [1.82, 2.24) is 15.0 Å². The Bertz CT molecular complexity index is 533. The van der Waals surface area contributed by atoms with Crippen LogP contribution >= 0.6 is 11.3 Å². The van der Waals surface area contributed by atoms with Crippen LogP contribution in [-0.2, 0) is 6.42 Å². The molecular weight excluding hydrogens is 214 g/mol. The van der Waals surface area contributed by atoms with E-state index in [9.17, 15) is 9.59 Å². The highest BCUT2D eigenvalue weighted by Gasteiger charge is 2.01. The molecule has 2 heterocycles. The molecule has 0 bridgehead atoms. The third kappa shape index (κ3) is 2.57. The molecule has 0 unspecified atom stereocenters. The number of aromatic amines is 1. The maximum Gasteiger partial charge on any atom is 0.349 e. The second kappa shape index (κ2) is 4.14. The van der Waals surface area contributed by atoms with E-state index in [4.69, 9.17) is 0 Å². The molecule has 0 radical (unpaired) electrons. The van der Waals surface area contributed by atoms with E-state index in [0.29, 0.717) is 11.4 Å². The molecule has 0 spiro atoms. The Morgan fingerprint density at radius 2 is 2.27 bits per heavy atom. The van der Waals surface area contributed by atoms with Gasteiger partial charge in [-0.2, -0.15) is 4.98 Å². The summed E-state index contributed by atoms with van der Waals surface area (Å²) in [4.78, 5) is 31.3. The molecular formula is C9H7N3O2S. The van der Waals surface area contributed by atoms with Gasteiger partial charge in [-0.15, -0.1) is 0 Å². The van der Waals surface area contributed by atoms with Crippen molar-refractivity contribution in [3.05, 3.63) is 55.2 Å². The molecule has 2 aromatic heterocycles. The zero-order valence-corrected chi connectivity index (χ0v) is 8.45. The first-order valence-electron chi connectivity index (χ1n) is 4.23. The summed E-state index contributed by atoms with van der Waals surface area (Å²) in [5.41, 5.74) is 0.323. The lowest BCUT2D eigenvalue weighted by Gasteiger charge is -1.96. The highest BCUT2D eigenvalue weighted by atomic mass is 32.1. The summed E-state index contributed by atoms with van der Waals surface area (Å²) in [5, 5.41) is 0.497. The molecule has 2 rings (SSSR count). The first kappa shape index (κ1) is 9.72. The molecule has 0 aliphatic rings. The molecule has 0 atom stereocenters. The average Bonchev–Trinajstić information content (AvgIpc) is 2.17. The van der Waals surface area contributed by atoms with Crippen molar-refractivity contribution in [2.45, 2.75) is 6.42 Å². The second-order valence-corrected chi connectivity index (χ2v) is 3.91. The number of nitrogens with one attached hydrogen (secondary N) is 1. The van der Waals surface area contributed by atoms with Gasteiger partial charge in [0, 0.05) is 18.8 Å². The molecule has 0 aliphatic heterocycles. The molecule has 1 N–H and O–H groups in total. The van der Waals surface area contributed by atoms with Crippen LogP contribution in [0.25, 0.3) is 0 Å². The molecule has 0 aliphatic carbocycles. The van der Waals surface area contributed by atoms with E-state index in [-0.39, 0.29) is 4.87 Å². The normalized spacial score (nSPS) is 10.1. The molecule has 5 nitrogen and oxygen atoms in total. The Morgan fingerprint density at radius 3 is 2.93 bits per heavy atom. The average molecular weight is 221 g/mol. The van der Waals surface area contributed by atoms with Crippen molar-refractivity contribution in [3.63, 3.8) is 0 Å². The Morgan fingerprint density at radius 1 is 1.40 bits per heavy atom. The van der Waals surface area contributed by atoms with Crippen molar-refractivity contribution in [1.29, 1.82) is 0 Å². The Balaban J connectivity index is 2.33. The summed E-state index contributed by atoms with van der Waals surface area (Å²) in [5.74, 6) is 0. The van der Waals surface area contributed by atoms with Gasteiger partial charge in [0.15, 0.2) is 0 Å². The van der Waals surface area contributed by atoms with Crippen molar-refractivity contribution in [3.8, 4) is 0 Å². The number of aromatic nitrogens is 3. The summed E-state index contributed by atoms with van der Waals surface area (Å²) in [6.07, 6.45) is 3.80. The van der Waals surface area contributed by atoms with E-state index in [0.717, 1.165) is 16.9 Å². The zero-order chi connectivity index (χ0) is 10.7. The van der Waals surface area contributed by atoms with Gasteiger partial charge in [0.2, 0.25) is 0 Å². The van der Waals surface area contributed by atoms with E-state index in [1.54, 1.807) is 18.5 Å². The fourth-order valence-corrected chi connectivity index (χ4v) is 1.86. The third-order valence-electron chi connectivity index (χ3n) is 1.72. The van der Waals surface area contributed by atoms with Crippen LogP contribution in [0.15, 0.2) is 34.1 Å². The van der Waals surface area contributed by atoms with Crippen LogP contribution in [0.5, 0.6) is 0 Å². The zero-order valence-electron chi connectivity index (χ0n) is 7.64. The molecule has 2 aromatic rings. The van der Waals surface area contributed by atoms with Crippen LogP contribution in [0.4, 0.5) is 0 Å². The van der Waals surface area contributed by atoms with Gasteiger partial charge in [-0.1, -0.05) is 17.4 Å². The summed E-state index contributed by atoms with van der Waals surface area (Å²) in [6.45, 7) is 0. The minimum absolute atomic E-state index is 0.381. The van der Waals surface area contributed by atoms with Gasteiger partial charge >= 0.3 is 10.6 Å². The van der Waals surface area contributed by atoms with Gasteiger partial charge in [-0.25, -0.2) is 4.79 Å². The van der Waals surface area contributed by atoms with Gasteiger partial charge in [0.05, 0.1) is 0 Å². The van der Waals surface area contributed by atoms with Gasteiger partial charge in [0.25, 0.3) is 0 Å². The van der Waals surface area contributed by atoms with Gasteiger partial charge < -0.3 is 0 Å². The summed E-state index contributed by atoms with van der Waals surface area (Å²) in [7, 11) is 0. The largest absolute Gasteiger partial charge is 0.349 e. The first-order valence-corrected chi connectivity index (χ1v) is 5.05. The van der Waals surface area contributed by atoms with E-state index in [1.165, 1.54) is 0 Å². The lowest BCUT2D eigenvalue weighted by atomic mass is 10.2. The Labute approximate surface area is 88.5 Å². The fraction of sp³-hybridized carbons (Fsp3) is 0.111. The quantitative estimate of drug-likeness (QED) is 0.784. The minimum Gasteiger partial charge on any atom is -0.264 e. The SMILES string of the molecule is O=c1nc(Cc2cccnc2)sc(=O)[nH]1. The van der Waals surface area contributed by atoms with E-state index in [2.05, 4.69) is 15.0 Å². The summed E-state index contributed by atoms with van der Waals surface area (Å²) < 4.78 is 0. The van der Waals surface area contributed by atoms with Crippen LogP contribution in [0.2, 0.25) is 0 Å². The van der Waals surface area contributed by atoms with Gasteiger partial charge in [0.1, 0.15) is 5.01 Å². The fourth-order valence-electron chi connectivity index (χ4n) is 1.14. The Hall–Kier alpha value is -1.82. The van der Waals surface area contributed by atoms with Crippen molar-refractivity contribution >= 4 is 11.3 Å².